The van der Waals surface area contributed by atoms with Crippen LogP contribution in [0, 0.1) is 0 Å². The molecule has 1 unspecified atom stereocenters. The fourth-order valence-electron chi connectivity index (χ4n) is 8.26. The Kier molecular flexibility index (Phi) is 6.80. The summed E-state index contributed by atoms with van der Waals surface area (Å²) in [6.45, 7) is 0. The Morgan fingerprint density at radius 3 is 1.42 bits per heavy atom. The molecule has 0 saturated carbocycles. The highest BCUT2D eigenvalue weighted by Crippen LogP contribution is 2.41. The van der Waals surface area contributed by atoms with Crippen LogP contribution in [-0.2, 0) is 0 Å². The summed E-state index contributed by atoms with van der Waals surface area (Å²) >= 11 is 0. The molecule has 0 aliphatic heterocycles. The molecule has 2 aliphatic carbocycles. The van der Waals surface area contributed by atoms with Crippen LogP contribution in [0.25, 0.3) is 82.7 Å². The molecule has 0 amide bonds. The van der Waals surface area contributed by atoms with Gasteiger partial charge in [0.25, 0.3) is 0 Å². The van der Waals surface area contributed by atoms with E-state index in [2.05, 4.69) is 185 Å². The molecule has 2 nitrogen and oxygen atoms in total. The van der Waals surface area contributed by atoms with Crippen molar-refractivity contribution in [3.63, 3.8) is 0 Å². The number of benzene rings is 6. The third-order valence-corrected chi connectivity index (χ3v) is 10.7. The van der Waals surface area contributed by atoms with Crippen LogP contribution in [0.5, 0.6) is 0 Å². The summed E-state index contributed by atoms with van der Waals surface area (Å²) in [5.41, 5.74) is 13.9. The van der Waals surface area contributed by atoms with Gasteiger partial charge in [-0.25, -0.2) is 0 Å². The molecule has 0 fully saturated rings. The van der Waals surface area contributed by atoms with Crippen molar-refractivity contribution in [2.75, 3.05) is 0 Å². The van der Waals surface area contributed by atoms with Crippen LogP contribution >= 0.6 is 0 Å². The number of hydrogen-bond donors (Lipinski definition) is 0. The van der Waals surface area contributed by atoms with Crippen molar-refractivity contribution in [2.45, 2.75) is 25.3 Å². The molecule has 2 heterocycles. The number of nitrogens with zero attached hydrogens (tertiary/aromatic N) is 2. The van der Waals surface area contributed by atoms with Crippen LogP contribution < -0.4 is 0 Å². The van der Waals surface area contributed by atoms with Crippen molar-refractivity contribution >= 4 is 49.3 Å². The fraction of sp³-hybridized carbons (Fsp3) is 0.0833. The molecule has 8 aromatic rings. The Morgan fingerprint density at radius 1 is 0.440 bits per heavy atom. The molecule has 2 aliphatic rings. The SMILES string of the molecule is C1=CCCC(n2c3ccc(-c4ccccc4)cc3c3cc(-c4ccc5c(c4)c4cc(-c6ccccc6)ccc4n5C4C=CC=CC4)ccc32)=C1. The van der Waals surface area contributed by atoms with Crippen molar-refractivity contribution < 1.29 is 0 Å². The highest BCUT2D eigenvalue weighted by atomic mass is 15.0. The second kappa shape index (κ2) is 11.8. The summed E-state index contributed by atoms with van der Waals surface area (Å²) < 4.78 is 5.03. The van der Waals surface area contributed by atoms with Gasteiger partial charge in [-0.05, 0) is 107 Å². The molecule has 6 aromatic carbocycles. The Balaban J connectivity index is 1.18. The van der Waals surface area contributed by atoms with E-state index in [1.165, 1.54) is 82.7 Å². The van der Waals surface area contributed by atoms with Gasteiger partial charge in [0.15, 0.2) is 0 Å². The normalized spacial score (nSPS) is 15.8. The van der Waals surface area contributed by atoms with Gasteiger partial charge in [-0.1, -0.05) is 121 Å². The van der Waals surface area contributed by atoms with E-state index >= 15 is 0 Å². The molecule has 2 aromatic heterocycles. The van der Waals surface area contributed by atoms with Gasteiger partial charge in [0, 0.05) is 38.3 Å². The standard InChI is InChI=1S/C48H36N2/c1-5-13-33(14-6-1)35-21-25-45-41(29-35)43-31-37(23-27-47(43)49(45)39-17-9-3-10-18-39)38-24-28-48-44(32-38)42-30-36(34-15-7-2-8-16-34)22-26-46(42)50(48)40-19-11-4-12-20-40/h1-11,13-17,19,21-32,39H,12,18,20H2. The Labute approximate surface area is 292 Å². The molecular weight excluding hydrogens is 605 g/mol. The summed E-state index contributed by atoms with van der Waals surface area (Å²) in [7, 11) is 0. The van der Waals surface area contributed by atoms with Gasteiger partial charge in [-0.15, -0.1) is 0 Å². The summed E-state index contributed by atoms with van der Waals surface area (Å²) in [5, 5.41) is 5.18. The second-order valence-corrected chi connectivity index (χ2v) is 13.6. The molecule has 0 bridgehead atoms. The van der Waals surface area contributed by atoms with Crippen LogP contribution in [0.3, 0.4) is 0 Å². The maximum Gasteiger partial charge on any atom is 0.0560 e. The summed E-state index contributed by atoms with van der Waals surface area (Å²) in [6.07, 6.45) is 18.8. The van der Waals surface area contributed by atoms with E-state index in [0.717, 1.165) is 19.3 Å². The third kappa shape index (κ3) is 4.71. The molecule has 1 atom stereocenters. The molecule has 0 N–H and O–H groups in total. The van der Waals surface area contributed by atoms with Crippen LogP contribution in [0.4, 0.5) is 0 Å². The smallest absolute Gasteiger partial charge is 0.0560 e. The average molecular weight is 641 g/mol. The highest BCUT2D eigenvalue weighted by molar-refractivity contribution is 6.14. The third-order valence-electron chi connectivity index (χ3n) is 10.7. The number of aromatic nitrogens is 2. The number of fused-ring (bicyclic) bond motifs is 6. The Hall–Kier alpha value is -6.12. The van der Waals surface area contributed by atoms with Gasteiger partial charge >= 0.3 is 0 Å². The Morgan fingerprint density at radius 2 is 0.940 bits per heavy atom. The van der Waals surface area contributed by atoms with Gasteiger partial charge in [0.2, 0.25) is 0 Å². The zero-order valence-corrected chi connectivity index (χ0v) is 27.8. The number of rotatable bonds is 5. The van der Waals surface area contributed by atoms with Crippen molar-refractivity contribution in [3.8, 4) is 33.4 Å². The van der Waals surface area contributed by atoms with Crippen LogP contribution in [0.15, 0.2) is 176 Å². The van der Waals surface area contributed by atoms with Gasteiger partial charge in [-0.2, -0.15) is 0 Å². The van der Waals surface area contributed by atoms with Crippen molar-refractivity contribution in [1.82, 2.24) is 9.13 Å². The molecule has 0 radical (unpaired) electrons. The fourth-order valence-corrected chi connectivity index (χ4v) is 8.26. The van der Waals surface area contributed by atoms with Crippen molar-refractivity contribution in [1.29, 1.82) is 0 Å². The lowest BCUT2D eigenvalue weighted by atomic mass is 9.98. The molecular formula is C48H36N2. The minimum Gasteiger partial charge on any atom is -0.333 e. The first-order chi connectivity index (χ1) is 24.8. The lowest BCUT2D eigenvalue weighted by Crippen LogP contribution is -2.06. The van der Waals surface area contributed by atoms with Crippen LogP contribution in [-0.4, -0.2) is 9.13 Å². The first-order valence-corrected chi connectivity index (χ1v) is 17.8. The van der Waals surface area contributed by atoms with Gasteiger partial charge in [-0.3, -0.25) is 0 Å². The van der Waals surface area contributed by atoms with E-state index in [1.807, 2.05) is 0 Å². The van der Waals surface area contributed by atoms with Crippen LogP contribution in [0.2, 0.25) is 0 Å². The molecule has 50 heavy (non-hydrogen) atoms. The summed E-state index contributed by atoms with van der Waals surface area (Å²) in [6, 6.07) is 49.9. The topological polar surface area (TPSA) is 9.86 Å². The first-order valence-electron chi connectivity index (χ1n) is 17.8. The maximum absolute atomic E-state index is 2.54. The minimum absolute atomic E-state index is 0.290. The summed E-state index contributed by atoms with van der Waals surface area (Å²) in [5.74, 6) is 0. The molecule has 10 rings (SSSR count). The van der Waals surface area contributed by atoms with E-state index in [0.29, 0.717) is 6.04 Å². The number of allylic oxidation sites excluding steroid dienone is 8. The summed E-state index contributed by atoms with van der Waals surface area (Å²) in [4.78, 5) is 0. The second-order valence-electron chi connectivity index (χ2n) is 13.6. The molecule has 0 saturated heterocycles. The zero-order chi connectivity index (χ0) is 33.0. The lowest BCUT2D eigenvalue weighted by Gasteiger charge is -2.18. The van der Waals surface area contributed by atoms with E-state index in [1.54, 1.807) is 0 Å². The average Bonchev–Trinajstić information content (AvgIpc) is 3.70. The molecule has 238 valence electrons. The highest BCUT2D eigenvalue weighted by Gasteiger charge is 2.20. The van der Waals surface area contributed by atoms with E-state index < -0.39 is 0 Å². The van der Waals surface area contributed by atoms with E-state index in [-0.39, 0.29) is 0 Å². The first kappa shape index (κ1) is 28.9. The quantitative estimate of drug-likeness (QED) is 0.177. The molecule has 2 heteroatoms. The minimum atomic E-state index is 0.290. The van der Waals surface area contributed by atoms with Crippen molar-refractivity contribution in [3.05, 3.63) is 176 Å². The van der Waals surface area contributed by atoms with Crippen LogP contribution in [0.1, 0.15) is 25.3 Å². The van der Waals surface area contributed by atoms with E-state index in [9.17, 15) is 0 Å². The van der Waals surface area contributed by atoms with Crippen molar-refractivity contribution in [2.24, 2.45) is 0 Å². The zero-order valence-electron chi connectivity index (χ0n) is 27.8. The van der Waals surface area contributed by atoms with Gasteiger partial charge in [0.1, 0.15) is 0 Å². The van der Waals surface area contributed by atoms with Gasteiger partial charge < -0.3 is 9.13 Å². The lowest BCUT2D eigenvalue weighted by molar-refractivity contribution is 0.648. The monoisotopic (exact) mass is 640 g/mol. The Bertz CT molecular complexity index is 2710. The number of hydrogen-bond acceptors (Lipinski definition) is 0. The predicted octanol–water partition coefficient (Wildman–Crippen LogP) is 13.2. The maximum atomic E-state index is 2.54. The predicted molar refractivity (Wildman–Crippen MR) is 213 cm³/mol. The van der Waals surface area contributed by atoms with E-state index in [4.69, 9.17) is 0 Å². The largest absolute Gasteiger partial charge is 0.333 e. The van der Waals surface area contributed by atoms with Gasteiger partial charge in [0.05, 0.1) is 17.1 Å². The molecule has 0 spiro atoms.